The molecule has 2 heterocycles. The largest absolute Gasteiger partial charge is 0.480 e. The highest BCUT2D eigenvalue weighted by molar-refractivity contribution is 5.95. The number of H-pyrrole nitrogens is 1. The first-order valence-electron chi connectivity index (χ1n) is 12.7. The van der Waals surface area contributed by atoms with Gasteiger partial charge in [0.05, 0.1) is 6.04 Å². The SMILES string of the molecule is CC(C)C(NC(=O)C(N)CCC(N)=O)C(=O)NC(Cc1c[nH]c2ccccc12)C(=O)N1CCCC1C(=O)O. The molecule has 0 saturated carbocycles. The molecular formula is C26H36N6O6. The molecule has 12 heteroatoms. The van der Waals surface area contributed by atoms with Crippen molar-refractivity contribution in [1.29, 1.82) is 0 Å². The third-order valence-electron chi connectivity index (χ3n) is 6.82. The fraction of sp³-hybridized carbons (Fsp3) is 0.500. The molecule has 0 radical (unpaired) electrons. The number of carbonyl (C=O) groups is 5. The minimum absolute atomic E-state index is 0.0286. The second-order valence-corrected chi connectivity index (χ2v) is 9.99. The Kier molecular flexibility index (Phi) is 9.45. The van der Waals surface area contributed by atoms with Gasteiger partial charge in [0.25, 0.3) is 0 Å². The van der Waals surface area contributed by atoms with Crippen LogP contribution < -0.4 is 22.1 Å². The van der Waals surface area contributed by atoms with E-state index < -0.39 is 53.8 Å². The number of primary amides is 1. The van der Waals surface area contributed by atoms with Gasteiger partial charge in [-0.25, -0.2) is 4.79 Å². The normalized spacial score (nSPS) is 17.7. The zero-order valence-electron chi connectivity index (χ0n) is 21.6. The lowest BCUT2D eigenvalue weighted by Gasteiger charge is -2.30. The van der Waals surface area contributed by atoms with Gasteiger partial charge < -0.3 is 37.1 Å². The number of fused-ring (bicyclic) bond motifs is 1. The summed E-state index contributed by atoms with van der Waals surface area (Å²) in [5, 5.41) is 15.9. The number of likely N-dealkylation sites (tertiary alicyclic amines) is 1. The average Bonchev–Trinajstić information content (AvgIpc) is 3.52. The highest BCUT2D eigenvalue weighted by atomic mass is 16.4. The Hall–Kier alpha value is -3.93. The van der Waals surface area contributed by atoms with Crippen LogP contribution in [0.5, 0.6) is 0 Å². The number of nitrogens with one attached hydrogen (secondary N) is 3. The van der Waals surface area contributed by atoms with Crippen LogP contribution in [-0.4, -0.2) is 75.3 Å². The Bertz CT molecular complexity index is 1190. The maximum absolute atomic E-state index is 13.6. The van der Waals surface area contributed by atoms with Gasteiger partial charge in [-0.15, -0.1) is 0 Å². The predicted molar refractivity (Wildman–Crippen MR) is 139 cm³/mol. The smallest absolute Gasteiger partial charge is 0.326 e. The van der Waals surface area contributed by atoms with E-state index in [0.29, 0.717) is 12.8 Å². The lowest BCUT2D eigenvalue weighted by molar-refractivity contribution is -0.149. The van der Waals surface area contributed by atoms with E-state index in [-0.39, 0.29) is 31.7 Å². The molecule has 4 atom stereocenters. The molecule has 12 nitrogen and oxygen atoms in total. The topological polar surface area (TPSA) is 201 Å². The van der Waals surface area contributed by atoms with Crippen LogP contribution in [0, 0.1) is 5.92 Å². The lowest BCUT2D eigenvalue weighted by atomic mass is 9.99. The Balaban J connectivity index is 1.83. The van der Waals surface area contributed by atoms with Crippen LogP contribution in [-0.2, 0) is 30.4 Å². The number of carbonyl (C=O) groups excluding carboxylic acids is 4. The van der Waals surface area contributed by atoms with Crippen molar-refractivity contribution in [3.63, 3.8) is 0 Å². The maximum atomic E-state index is 13.6. The van der Waals surface area contributed by atoms with Gasteiger partial charge in [0, 0.05) is 36.5 Å². The van der Waals surface area contributed by atoms with Crippen LogP contribution in [0.25, 0.3) is 10.9 Å². The summed E-state index contributed by atoms with van der Waals surface area (Å²) in [6.45, 7) is 3.74. The summed E-state index contributed by atoms with van der Waals surface area (Å²) in [4.78, 5) is 66.9. The first-order valence-corrected chi connectivity index (χ1v) is 12.7. The van der Waals surface area contributed by atoms with E-state index in [1.54, 1.807) is 20.0 Å². The molecule has 1 aromatic carbocycles. The molecule has 1 aromatic heterocycles. The first-order chi connectivity index (χ1) is 18.0. The van der Waals surface area contributed by atoms with Crippen molar-refractivity contribution >= 4 is 40.5 Å². The van der Waals surface area contributed by atoms with Crippen molar-refractivity contribution in [2.75, 3.05) is 6.54 Å². The van der Waals surface area contributed by atoms with Crippen molar-refractivity contribution < 1.29 is 29.1 Å². The standard InChI is InChI=1S/C26H36N6O6/c1-14(2)22(31-23(34)17(27)9-10-21(28)33)24(35)30-19(25(36)32-11-5-8-20(32)26(37)38)12-15-13-29-18-7-4-3-6-16(15)18/h3-4,6-7,13-14,17,19-20,22,29H,5,8-12,27H2,1-2H3,(H2,28,33)(H,30,35)(H,31,34)(H,37,38). The van der Waals surface area contributed by atoms with Gasteiger partial charge in [-0.2, -0.15) is 0 Å². The zero-order valence-corrected chi connectivity index (χ0v) is 21.6. The molecular weight excluding hydrogens is 492 g/mol. The average molecular weight is 529 g/mol. The highest BCUT2D eigenvalue weighted by Crippen LogP contribution is 2.23. The van der Waals surface area contributed by atoms with Gasteiger partial charge in [-0.3, -0.25) is 19.2 Å². The number of hydrogen-bond donors (Lipinski definition) is 6. The minimum Gasteiger partial charge on any atom is -0.480 e. The van der Waals surface area contributed by atoms with Crippen LogP contribution in [0.4, 0.5) is 0 Å². The van der Waals surface area contributed by atoms with E-state index in [9.17, 15) is 29.1 Å². The van der Waals surface area contributed by atoms with E-state index in [1.807, 2.05) is 24.3 Å². The second kappa shape index (κ2) is 12.5. The van der Waals surface area contributed by atoms with E-state index in [4.69, 9.17) is 11.5 Å². The highest BCUT2D eigenvalue weighted by Gasteiger charge is 2.39. The van der Waals surface area contributed by atoms with Crippen LogP contribution in [0.1, 0.15) is 45.1 Å². The lowest BCUT2D eigenvalue weighted by Crippen LogP contribution is -2.59. The number of rotatable bonds is 12. The molecule has 3 rings (SSSR count). The number of aromatic amines is 1. The summed E-state index contributed by atoms with van der Waals surface area (Å²) in [6, 6.07) is 3.43. The summed E-state index contributed by atoms with van der Waals surface area (Å²) in [6.07, 6.45) is 2.71. The van der Waals surface area contributed by atoms with E-state index in [0.717, 1.165) is 16.5 Å². The van der Waals surface area contributed by atoms with Crippen molar-refractivity contribution in [1.82, 2.24) is 20.5 Å². The van der Waals surface area contributed by atoms with Gasteiger partial charge in [0.2, 0.25) is 23.6 Å². The number of nitrogens with zero attached hydrogens (tertiary/aromatic N) is 1. The fourth-order valence-electron chi connectivity index (χ4n) is 4.69. The van der Waals surface area contributed by atoms with Gasteiger partial charge in [0.15, 0.2) is 0 Å². The molecule has 4 unspecified atom stereocenters. The van der Waals surface area contributed by atoms with E-state index >= 15 is 0 Å². The molecule has 2 aromatic rings. The van der Waals surface area contributed by atoms with E-state index in [2.05, 4.69) is 15.6 Å². The Morgan fingerprint density at radius 3 is 2.50 bits per heavy atom. The molecule has 1 fully saturated rings. The molecule has 38 heavy (non-hydrogen) atoms. The van der Waals surface area contributed by atoms with Crippen molar-refractivity contribution in [3.8, 4) is 0 Å². The molecule has 4 amide bonds. The number of amides is 4. The number of hydrogen-bond acceptors (Lipinski definition) is 6. The Morgan fingerprint density at radius 1 is 1.13 bits per heavy atom. The molecule has 206 valence electrons. The minimum atomic E-state index is -1.09. The number of carboxylic acids is 1. The summed E-state index contributed by atoms with van der Waals surface area (Å²) < 4.78 is 0. The number of para-hydroxylation sites is 1. The second-order valence-electron chi connectivity index (χ2n) is 9.99. The Labute approximate surface area is 220 Å². The third kappa shape index (κ3) is 6.88. The molecule has 8 N–H and O–H groups in total. The van der Waals surface area contributed by atoms with Gasteiger partial charge >= 0.3 is 5.97 Å². The molecule has 1 saturated heterocycles. The van der Waals surface area contributed by atoms with Crippen molar-refractivity contribution in [2.45, 2.75) is 70.1 Å². The van der Waals surface area contributed by atoms with Gasteiger partial charge in [0.1, 0.15) is 18.1 Å². The summed E-state index contributed by atoms with van der Waals surface area (Å²) in [5.41, 5.74) is 12.6. The molecule has 0 aliphatic carbocycles. The summed E-state index contributed by atoms with van der Waals surface area (Å²) in [7, 11) is 0. The van der Waals surface area contributed by atoms with Crippen LogP contribution >= 0.6 is 0 Å². The van der Waals surface area contributed by atoms with Crippen molar-refractivity contribution in [3.05, 3.63) is 36.0 Å². The number of nitrogens with two attached hydrogens (primary N) is 2. The predicted octanol–water partition coefficient (Wildman–Crippen LogP) is 0.00440. The fourth-order valence-corrected chi connectivity index (χ4v) is 4.69. The maximum Gasteiger partial charge on any atom is 0.326 e. The van der Waals surface area contributed by atoms with E-state index in [1.165, 1.54) is 4.90 Å². The van der Waals surface area contributed by atoms with Crippen molar-refractivity contribution in [2.24, 2.45) is 17.4 Å². The number of carboxylic acid groups (broad SMARTS) is 1. The quantitative estimate of drug-likeness (QED) is 0.222. The number of aliphatic carboxylic acids is 1. The third-order valence-corrected chi connectivity index (χ3v) is 6.82. The molecule has 1 aliphatic rings. The van der Waals surface area contributed by atoms with Gasteiger partial charge in [-0.05, 0) is 36.8 Å². The zero-order chi connectivity index (χ0) is 28.0. The number of benzene rings is 1. The van der Waals surface area contributed by atoms with Crippen LogP contribution in [0.3, 0.4) is 0 Å². The monoisotopic (exact) mass is 528 g/mol. The molecule has 0 spiro atoms. The van der Waals surface area contributed by atoms with Crippen LogP contribution in [0.2, 0.25) is 0 Å². The molecule has 0 bridgehead atoms. The van der Waals surface area contributed by atoms with Crippen LogP contribution in [0.15, 0.2) is 30.5 Å². The summed E-state index contributed by atoms with van der Waals surface area (Å²) >= 11 is 0. The first kappa shape index (κ1) is 28.6. The Morgan fingerprint density at radius 2 is 1.84 bits per heavy atom. The summed E-state index contributed by atoms with van der Waals surface area (Å²) in [5.74, 6) is -3.76. The molecule has 1 aliphatic heterocycles. The van der Waals surface area contributed by atoms with Gasteiger partial charge in [-0.1, -0.05) is 32.0 Å². The number of aromatic nitrogens is 1.